The lowest BCUT2D eigenvalue weighted by Gasteiger charge is -2.16. The number of aliphatic hydroxyl groups is 1. The summed E-state index contributed by atoms with van der Waals surface area (Å²) in [6.45, 7) is 0.452. The van der Waals surface area contributed by atoms with Crippen molar-refractivity contribution in [3.8, 4) is 0 Å². The van der Waals surface area contributed by atoms with Crippen LogP contribution in [-0.4, -0.2) is 27.5 Å². The highest BCUT2D eigenvalue weighted by Gasteiger charge is 2.14. The minimum Gasteiger partial charge on any atom is -0.394 e. The molecule has 1 aromatic heterocycles. The molecule has 2 amide bonds. The van der Waals surface area contributed by atoms with E-state index in [1.165, 1.54) is 0 Å². The average Bonchev–Trinajstić information content (AvgIpc) is 3.08. The number of nitrogens with one attached hydrogen (secondary N) is 2. The van der Waals surface area contributed by atoms with Crippen LogP contribution in [0.1, 0.15) is 17.2 Å². The van der Waals surface area contributed by atoms with Crippen LogP contribution < -0.4 is 10.6 Å². The summed E-state index contributed by atoms with van der Waals surface area (Å²) in [5, 5.41) is 19.3. The lowest BCUT2D eigenvalue weighted by molar-refractivity contribution is 0.225. The second-order valence-electron chi connectivity index (χ2n) is 5.63. The molecule has 0 spiro atoms. The molecule has 25 heavy (non-hydrogen) atoms. The molecule has 6 heteroatoms. The molecule has 3 aromatic rings. The molecule has 128 valence electrons. The van der Waals surface area contributed by atoms with Crippen molar-refractivity contribution < 1.29 is 9.90 Å². The van der Waals surface area contributed by atoms with Crippen molar-refractivity contribution in [3.05, 3.63) is 84.1 Å². The van der Waals surface area contributed by atoms with Crippen molar-refractivity contribution in [1.82, 2.24) is 15.1 Å². The minimum absolute atomic E-state index is 0.181. The van der Waals surface area contributed by atoms with E-state index in [9.17, 15) is 9.90 Å². The van der Waals surface area contributed by atoms with E-state index in [1.54, 1.807) is 10.7 Å². The first-order chi connectivity index (χ1) is 12.2. The SMILES string of the molecule is O=C(Nc1ccn(Cc2ccccc2)n1)N[C@H](CO)c1ccccc1. The van der Waals surface area contributed by atoms with Crippen LogP contribution in [0.2, 0.25) is 0 Å². The Morgan fingerprint density at radius 2 is 1.72 bits per heavy atom. The van der Waals surface area contributed by atoms with Crippen molar-refractivity contribution in [2.45, 2.75) is 12.6 Å². The van der Waals surface area contributed by atoms with Gasteiger partial charge in [-0.1, -0.05) is 60.7 Å². The van der Waals surface area contributed by atoms with Gasteiger partial charge in [0.1, 0.15) is 0 Å². The highest BCUT2D eigenvalue weighted by molar-refractivity contribution is 5.88. The average molecular weight is 336 g/mol. The van der Waals surface area contributed by atoms with Gasteiger partial charge in [0, 0.05) is 12.3 Å². The Hall–Kier alpha value is -3.12. The fourth-order valence-corrected chi connectivity index (χ4v) is 2.52. The molecule has 3 N–H and O–H groups in total. The van der Waals surface area contributed by atoms with Crippen LogP contribution in [0.25, 0.3) is 0 Å². The Bertz CT molecular complexity index is 803. The maximum atomic E-state index is 12.1. The van der Waals surface area contributed by atoms with Crippen LogP contribution >= 0.6 is 0 Å². The molecule has 0 aliphatic carbocycles. The standard InChI is InChI=1S/C19H20N4O2/c24-14-17(16-9-5-2-6-10-16)20-19(25)21-18-11-12-23(22-18)13-15-7-3-1-4-8-15/h1-12,17,24H,13-14H2,(H2,20,21,22,25)/t17-/m1/s1. The van der Waals surface area contributed by atoms with Gasteiger partial charge in [0.2, 0.25) is 0 Å². The quantitative estimate of drug-likeness (QED) is 0.647. The van der Waals surface area contributed by atoms with E-state index in [0.29, 0.717) is 12.4 Å². The first kappa shape index (κ1) is 16.7. The third kappa shape index (κ3) is 4.68. The lowest BCUT2D eigenvalue weighted by atomic mass is 10.1. The zero-order valence-electron chi connectivity index (χ0n) is 13.7. The molecule has 1 heterocycles. The summed E-state index contributed by atoms with van der Waals surface area (Å²) in [6, 6.07) is 20.1. The van der Waals surface area contributed by atoms with Crippen LogP contribution in [0, 0.1) is 0 Å². The molecule has 0 fully saturated rings. The number of nitrogens with zero attached hydrogens (tertiary/aromatic N) is 2. The molecule has 3 rings (SSSR count). The third-order valence-electron chi connectivity index (χ3n) is 3.76. The number of carbonyl (C=O) groups excluding carboxylic acids is 1. The van der Waals surface area contributed by atoms with Gasteiger partial charge < -0.3 is 10.4 Å². The van der Waals surface area contributed by atoms with Crippen LogP contribution in [0.3, 0.4) is 0 Å². The maximum absolute atomic E-state index is 12.1. The van der Waals surface area contributed by atoms with E-state index < -0.39 is 12.1 Å². The van der Waals surface area contributed by atoms with E-state index in [-0.39, 0.29) is 6.61 Å². The number of carbonyl (C=O) groups is 1. The number of benzene rings is 2. The summed E-state index contributed by atoms with van der Waals surface area (Å²) < 4.78 is 1.76. The largest absolute Gasteiger partial charge is 0.394 e. The zero-order valence-corrected chi connectivity index (χ0v) is 13.7. The summed E-state index contributed by atoms with van der Waals surface area (Å²) >= 11 is 0. The van der Waals surface area contributed by atoms with Crippen LogP contribution in [0.5, 0.6) is 0 Å². The zero-order chi connectivity index (χ0) is 17.5. The molecule has 0 unspecified atom stereocenters. The van der Waals surface area contributed by atoms with Gasteiger partial charge in [0.05, 0.1) is 19.2 Å². The molecule has 0 saturated heterocycles. The fourth-order valence-electron chi connectivity index (χ4n) is 2.52. The van der Waals surface area contributed by atoms with Gasteiger partial charge in [0.15, 0.2) is 5.82 Å². The molecule has 0 aliphatic heterocycles. The van der Waals surface area contributed by atoms with Gasteiger partial charge >= 0.3 is 6.03 Å². The Labute approximate surface area is 146 Å². The van der Waals surface area contributed by atoms with Gasteiger partial charge in [-0.15, -0.1) is 0 Å². The molecule has 0 aliphatic rings. The summed E-state index contributed by atoms with van der Waals surface area (Å²) in [5.74, 6) is 0.457. The molecule has 6 nitrogen and oxygen atoms in total. The number of hydrogen-bond acceptors (Lipinski definition) is 3. The van der Waals surface area contributed by atoms with E-state index in [2.05, 4.69) is 15.7 Å². The first-order valence-electron chi connectivity index (χ1n) is 8.05. The Balaban J connectivity index is 1.58. The third-order valence-corrected chi connectivity index (χ3v) is 3.76. The number of aromatic nitrogens is 2. The van der Waals surface area contributed by atoms with E-state index in [1.807, 2.05) is 66.9 Å². The van der Waals surface area contributed by atoms with Crippen LogP contribution in [0.15, 0.2) is 72.9 Å². The number of hydrogen-bond donors (Lipinski definition) is 3. The maximum Gasteiger partial charge on any atom is 0.321 e. The monoisotopic (exact) mass is 336 g/mol. The van der Waals surface area contributed by atoms with Crippen LogP contribution in [0.4, 0.5) is 10.6 Å². The molecule has 0 radical (unpaired) electrons. The normalized spacial score (nSPS) is 11.7. The number of amides is 2. The van der Waals surface area contributed by atoms with Gasteiger partial charge in [-0.05, 0) is 11.1 Å². The molecule has 0 bridgehead atoms. The van der Waals surface area contributed by atoms with Gasteiger partial charge in [-0.3, -0.25) is 10.00 Å². The number of rotatable bonds is 6. The molecular formula is C19H20N4O2. The van der Waals surface area contributed by atoms with E-state index in [4.69, 9.17) is 0 Å². The van der Waals surface area contributed by atoms with Crippen molar-refractivity contribution in [1.29, 1.82) is 0 Å². The highest BCUT2D eigenvalue weighted by atomic mass is 16.3. The minimum atomic E-state index is -0.465. The van der Waals surface area contributed by atoms with Crippen molar-refractivity contribution in [2.24, 2.45) is 0 Å². The number of urea groups is 1. The summed E-state index contributed by atoms with van der Waals surface area (Å²) in [7, 11) is 0. The van der Waals surface area contributed by atoms with Crippen molar-refractivity contribution in [3.63, 3.8) is 0 Å². The Morgan fingerprint density at radius 1 is 1.04 bits per heavy atom. The van der Waals surface area contributed by atoms with Crippen molar-refractivity contribution in [2.75, 3.05) is 11.9 Å². The molecule has 2 aromatic carbocycles. The van der Waals surface area contributed by atoms with Crippen LogP contribution in [-0.2, 0) is 6.54 Å². The highest BCUT2D eigenvalue weighted by Crippen LogP contribution is 2.12. The lowest BCUT2D eigenvalue weighted by Crippen LogP contribution is -2.34. The smallest absolute Gasteiger partial charge is 0.321 e. The number of aliphatic hydroxyl groups excluding tert-OH is 1. The number of anilines is 1. The fraction of sp³-hybridized carbons (Fsp3) is 0.158. The summed E-state index contributed by atoms with van der Waals surface area (Å²) in [4.78, 5) is 12.1. The van der Waals surface area contributed by atoms with Crippen molar-refractivity contribution >= 4 is 11.8 Å². The second-order valence-corrected chi connectivity index (χ2v) is 5.63. The van der Waals surface area contributed by atoms with E-state index >= 15 is 0 Å². The van der Waals surface area contributed by atoms with Gasteiger partial charge in [0.25, 0.3) is 0 Å². The molecular weight excluding hydrogens is 316 g/mol. The second kappa shape index (κ2) is 8.12. The predicted molar refractivity (Wildman–Crippen MR) is 96.2 cm³/mol. The Morgan fingerprint density at radius 3 is 2.40 bits per heavy atom. The summed E-state index contributed by atoms with van der Waals surface area (Å²) in [5.41, 5.74) is 1.97. The predicted octanol–water partition coefficient (Wildman–Crippen LogP) is 2.79. The Kier molecular flexibility index (Phi) is 5.43. The van der Waals surface area contributed by atoms with E-state index in [0.717, 1.165) is 11.1 Å². The van der Waals surface area contributed by atoms with Gasteiger partial charge in [-0.25, -0.2) is 4.79 Å². The molecule has 0 saturated carbocycles. The first-order valence-corrected chi connectivity index (χ1v) is 8.05. The van der Waals surface area contributed by atoms with Gasteiger partial charge in [-0.2, -0.15) is 5.10 Å². The topological polar surface area (TPSA) is 79.2 Å². The summed E-state index contributed by atoms with van der Waals surface area (Å²) in [6.07, 6.45) is 1.81. The molecule has 1 atom stereocenters.